The summed E-state index contributed by atoms with van der Waals surface area (Å²) < 4.78 is 2.38. The second-order valence-electron chi connectivity index (χ2n) is 6.65. The molecular weight excluding hydrogens is 318 g/mol. The van der Waals surface area contributed by atoms with Crippen molar-refractivity contribution in [3.8, 4) is 0 Å². The van der Waals surface area contributed by atoms with E-state index in [1.54, 1.807) is 0 Å². The van der Waals surface area contributed by atoms with Crippen LogP contribution in [0.3, 0.4) is 0 Å². The lowest BCUT2D eigenvalue weighted by molar-refractivity contribution is 0.584. The molecule has 3 heterocycles. The number of nitrogens with zero attached hydrogens (tertiary/aromatic N) is 3. The number of aromatic nitrogens is 2. The highest BCUT2D eigenvalue weighted by molar-refractivity contribution is 8.00. The molecule has 1 saturated heterocycles. The fraction of sp³-hybridized carbons (Fsp3) is 0.556. The molecule has 0 spiro atoms. The molecule has 2 N–H and O–H groups in total. The van der Waals surface area contributed by atoms with Gasteiger partial charge in [-0.1, -0.05) is 0 Å². The number of guanidine groups is 1. The minimum absolute atomic E-state index is 0.330. The Labute approximate surface area is 148 Å². The third-order valence-corrected chi connectivity index (χ3v) is 5.88. The predicted molar refractivity (Wildman–Crippen MR) is 103 cm³/mol. The second kappa shape index (κ2) is 7.47. The second-order valence-corrected chi connectivity index (χ2v) is 8.33. The highest BCUT2D eigenvalue weighted by Gasteiger charge is 2.29. The van der Waals surface area contributed by atoms with Gasteiger partial charge in [-0.25, -0.2) is 9.98 Å². The van der Waals surface area contributed by atoms with Gasteiger partial charge in [0.25, 0.3) is 0 Å². The summed E-state index contributed by atoms with van der Waals surface area (Å²) in [5, 5.41) is 6.83. The van der Waals surface area contributed by atoms with Crippen molar-refractivity contribution in [1.29, 1.82) is 0 Å². The fourth-order valence-electron chi connectivity index (χ4n) is 2.96. The van der Waals surface area contributed by atoms with Crippen LogP contribution in [-0.2, 0) is 6.54 Å². The molecule has 0 aromatic carbocycles. The minimum Gasteiger partial charge on any atom is -0.357 e. The van der Waals surface area contributed by atoms with Gasteiger partial charge in [0.05, 0.1) is 12.2 Å². The van der Waals surface area contributed by atoms with E-state index < -0.39 is 0 Å². The number of fused-ring (bicyclic) bond motifs is 1. The molecule has 0 aliphatic carbocycles. The third-order valence-electron chi connectivity index (χ3n) is 4.34. The first-order chi connectivity index (χ1) is 11.6. The molecule has 130 valence electrons. The lowest BCUT2D eigenvalue weighted by Crippen LogP contribution is -2.43. The third kappa shape index (κ3) is 4.23. The van der Waals surface area contributed by atoms with Crippen LogP contribution in [-0.4, -0.2) is 38.9 Å². The van der Waals surface area contributed by atoms with Gasteiger partial charge in [-0.05, 0) is 57.1 Å². The van der Waals surface area contributed by atoms with Crippen LogP contribution in [0, 0.1) is 6.92 Å². The van der Waals surface area contributed by atoms with Crippen LogP contribution in [0.2, 0.25) is 0 Å². The van der Waals surface area contributed by atoms with Gasteiger partial charge in [0.2, 0.25) is 0 Å². The van der Waals surface area contributed by atoms with Crippen molar-refractivity contribution >= 4 is 23.4 Å². The van der Waals surface area contributed by atoms with E-state index in [1.165, 1.54) is 24.2 Å². The molecule has 24 heavy (non-hydrogen) atoms. The van der Waals surface area contributed by atoms with Crippen LogP contribution < -0.4 is 10.6 Å². The van der Waals surface area contributed by atoms with Crippen LogP contribution >= 0.6 is 11.8 Å². The van der Waals surface area contributed by atoms with E-state index in [1.807, 2.05) is 6.20 Å². The normalized spacial score (nSPS) is 21.4. The number of aryl methyl sites for hydroxylation is 1. The van der Waals surface area contributed by atoms with E-state index in [0.29, 0.717) is 11.3 Å². The number of nitrogens with one attached hydrogen (secondary N) is 2. The highest BCUT2D eigenvalue weighted by Crippen LogP contribution is 2.36. The average molecular weight is 346 g/mol. The number of thioether (sulfide) groups is 1. The van der Waals surface area contributed by atoms with Gasteiger partial charge in [0.15, 0.2) is 5.96 Å². The Morgan fingerprint density at radius 3 is 3.08 bits per heavy atom. The summed E-state index contributed by atoms with van der Waals surface area (Å²) in [6.07, 6.45) is 6.69. The average Bonchev–Trinajstić information content (AvgIpc) is 3.16. The summed E-state index contributed by atoms with van der Waals surface area (Å²) in [6.45, 7) is 8.91. The Morgan fingerprint density at radius 2 is 2.33 bits per heavy atom. The molecule has 1 aliphatic rings. The van der Waals surface area contributed by atoms with Gasteiger partial charge in [0, 0.05) is 30.2 Å². The molecule has 2 aromatic rings. The first-order valence-electron chi connectivity index (χ1n) is 8.68. The first-order valence-corrected chi connectivity index (χ1v) is 9.67. The Morgan fingerprint density at radius 1 is 1.46 bits per heavy atom. The molecule has 6 heteroatoms. The molecule has 3 rings (SSSR count). The van der Waals surface area contributed by atoms with Crippen LogP contribution in [0.15, 0.2) is 29.5 Å². The van der Waals surface area contributed by atoms with E-state index in [-0.39, 0.29) is 0 Å². The number of rotatable bonds is 5. The van der Waals surface area contributed by atoms with Crippen LogP contribution in [0.1, 0.15) is 37.9 Å². The van der Waals surface area contributed by atoms with E-state index in [0.717, 1.165) is 30.4 Å². The number of aliphatic imine (C=N–C) groups is 1. The summed E-state index contributed by atoms with van der Waals surface area (Å²) >= 11 is 2.06. The zero-order valence-electron chi connectivity index (χ0n) is 14.8. The van der Waals surface area contributed by atoms with Gasteiger partial charge in [-0.3, -0.25) is 0 Å². The van der Waals surface area contributed by atoms with Gasteiger partial charge >= 0.3 is 0 Å². The largest absolute Gasteiger partial charge is 0.357 e. The zero-order valence-corrected chi connectivity index (χ0v) is 15.6. The summed E-state index contributed by atoms with van der Waals surface area (Å²) in [5.74, 6) is 2.14. The maximum absolute atomic E-state index is 4.70. The van der Waals surface area contributed by atoms with E-state index in [2.05, 4.69) is 70.9 Å². The quantitative estimate of drug-likeness (QED) is 0.646. The molecule has 1 unspecified atom stereocenters. The SMILES string of the molecule is CCNC(=NCc1cn2ccc(C)cc2n1)NCC1(C)CCCS1. The van der Waals surface area contributed by atoms with Gasteiger partial charge < -0.3 is 15.0 Å². The fourth-order valence-corrected chi connectivity index (χ4v) is 4.21. The zero-order chi connectivity index (χ0) is 17.0. The van der Waals surface area contributed by atoms with Gasteiger partial charge in [0.1, 0.15) is 5.65 Å². The Hall–Kier alpha value is -1.69. The topological polar surface area (TPSA) is 53.7 Å². The van der Waals surface area contributed by atoms with Crippen LogP contribution in [0.5, 0.6) is 0 Å². The van der Waals surface area contributed by atoms with E-state index >= 15 is 0 Å². The number of pyridine rings is 1. The van der Waals surface area contributed by atoms with Crippen molar-refractivity contribution in [2.24, 2.45) is 4.99 Å². The number of hydrogen-bond donors (Lipinski definition) is 2. The molecule has 0 radical (unpaired) electrons. The summed E-state index contributed by atoms with van der Waals surface area (Å²) in [7, 11) is 0. The molecule has 0 saturated carbocycles. The number of imidazole rings is 1. The predicted octanol–water partition coefficient (Wildman–Crippen LogP) is 2.98. The Balaban J connectivity index is 1.65. The lowest BCUT2D eigenvalue weighted by Gasteiger charge is -2.24. The molecule has 0 amide bonds. The lowest BCUT2D eigenvalue weighted by atomic mass is 10.1. The van der Waals surface area contributed by atoms with Crippen LogP contribution in [0.25, 0.3) is 5.65 Å². The monoisotopic (exact) mass is 345 g/mol. The molecule has 5 nitrogen and oxygen atoms in total. The molecule has 1 fully saturated rings. The van der Waals surface area contributed by atoms with Crippen molar-refractivity contribution in [1.82, 2.24) is 20.0 Å². The minimum atomic E-state index is 0.330. The molecule has 1 aliphatic heterocycles. The smallest absolute Gasteiger partial charge is 0.191 e. The van der Waals surface area contributed by atoms with Crippen LogP contribution in [0.4, 0.5) is 0 Å². The van der Waals surface area contributed by atoms with E-state index in [4.69, 9.17) is 4.99 Å². The summed E-state index contributed by atoms with van der Waals surface area (Å²) in [4.78, 5) is 9.36. The van der Waals surface area contributed by atoms with E-state index in [9.17, 15) is 0 Å². The maximum Gasteiger partial charge on any atom is 0.191 e. The molecule has 2 aromatic heterocycles. The summed E-state index contributed by atoms with van der Waals surface area (Å²) in [5.41, 5.74) is 3.19. The van der Waals surface area contributed by atoms with Crippen molar-refractivity contribution in [2.45, 2.75) is 44.9 Å². The standard InChI is InChI=1S/C18H27N5S/c1-4-19-17(21-13-18(3)7-5-9-24-18)20-11-15-12-23-8-6-14(2)10-16(23)22-15/h6,8,10,12H,4-5,7,9,11,13H2,1-3H3,(H2,19,20,21). The van der Waals surface area contributed by atoms with Crippen molar-refractivity contribution in [3.63, 3.8) is 0 Å². The van der Waals surface area contributed by atoms with Gasteiger partial charge in [-0.15, -0.1) is 0 Å². The Kier molecular flexibility index (Phi) is 5.33. The van der Waals surface area contributed by atoms with Gasteiger partial charge in [-0.2, -0.15) is 11.8 Å². The summed E-state index contributed by atoms with van der Waals surface area (Å²) in [6, 6.07) is 4.18. The number of hydrogen-bond acceptors (Lipinski definition) is 3. The Bertz CT molecular complexity index is 715. The highest BCUT2D eigenvalue weighted by atomic mass is 32.2. The van der Waals surface area contributed by atoms with Crippen molar-refractivity contribution < 1.29 is 0 Å². The van der Waals surface area contributed by atoms with Crippen molar-refractivity contribution in [3.05, 3.63) is 35.8 Å². The molecule has 0 bridgehead atoms. The first kappa shape index (κ1) is 17.1. The molecule has 1 atom stereocenters. The molecular formula is C18H27N5S. The van der Waals surface area contributed by atoms with Crippen molar-refractivity contribution in [2.75, 3.05) is 18.8 Å². The maximum atomic E-state index is 4.70.